The van der Waals surface area contributed by atoms with Gasteiger partial charge in [-0.15, -0.1) is 0 Å². The molecule has 174 valence electrons. The number of nitrogens with zero attached hydrogens (tertiary/aromatic N) is 1. The van der Waals surface area contributed by atoms with Crippen molar-refractivity contribution in [1.82, 2.24) is 5.43 Å². The number of anilines is 1. The summed E-state index contributed by atoms with van der Waals surface area (Å²) in [6.45, 7) is 5.13. The summed E-state index contributed by atoms with van der Waals surface area (Å²) >= 11 is 0. The van der Waals surface area contributed by atoms with E-state index in [-0.39, 0.29) is 5.57 Å². The number of hydrogen-bond donors (Lipinski definition) is 1. The molecule has 0 radical (unpaired) electrons. The molecular formula is C28H28N2O4. The predicted molar refractivity (Wildman–Crippen MR) is 133 cm³/mol. The summed E-state index contributed by atoms with van der Waals surface area (Å²) in [4.78, 5) is 25.2. The van der Waals surface area contributed by atoms with Gasteiger partial charge in [0, 0.05) is 0 Å². The maximum Gasteiger partial charge on any atom is 0.282 e. The Kier molecular flexibility index (Phi) is 7.28. The van der Waals surface area contributed by atoms with E-state index in [2.05, 4.69) is 25.3 Å². The summed E-state index contributed by atoms with van der Waals surface area (Å²) in [5.74, 6) is 1.12. The predicted octanol–water partition coefficient (Wildman–Crippen LogP) is 5.12. The van der Waals surface area contributed by atoms with Crippen LogP contribution in [0.25, 0.3) is 6.08 Å². The zero-order valence-corrected chi connectivity index (χ0v) is 19.4. The molecular weight excluding hydrogens is 428 g/mol. The van der Waals surface area contributed by atoms with Crippen molar-refractivity contribution >= 4 is 23.6 Å². The molecule has 3 aromatic rings. The minimum Gasteiger partial charge on any atom is -0.490 e. The summed E-state index contributed by atoms with van der Waals surface area (Å²) < 4.78 is 11.8. The van der Waals surface area contributed by atoms with Gasteiger partial charge in [0.05, 0.1) is 5.69 Å². The molecule has 1 saturated heterocycles. The SMILES string of the molecule is CC[C@H](C)c1ccccc1OCCOc1cccc(/C=C2\C(=O)NN(c3ccccc3)C2=O)c1. The number of nitrogens with one attached hydrogen (secondary N) is 1. The number of para-hydroxylation sites is 2. The average Bonchev–Trinajstić information content (AvgIpc) is 3.15. The van der Waals surface area contributed by atoms with E-state index in [4.69, 9.17) is 9.47 Å². The van der Waals surface area contributed by atoms with E-state index in [1.165, 1.54) is 10.6 Å². The van der Waals surface area contributed by atoms with E-state index >= 15 is 0 Å². The van der Waals surface area contributed by atoms with Crippen LogP contribution in [0.2, 0.25) is 0 Å². The van der Waals surface area contributed by atoms with Crippen LogP contribution < -0.4 is 19.9 Å². The number of benzene rings is 3. The first kappa shape index (κ1) is 23.1. The van der Waals surface area contributed by atoms with Gasteiger partial charge in [0.1, 0.15) is 30.3 Å². The molecule has 0 bridgehead atoms. The molecule has 0 spiro atoms. The van der Waals surface area contributed by atoms with Crippen LogP contribution in [0.5, 0.6) is 11.5 Å². The van der Waals surface area contributed by atoms with E-state index in [9.17, 15) is 9.59 Å². The van der Waals surface area contributed by atoms with Gasteiger partial charge in [0.15, 0.2) is 0 Å². The smallest absolute Gasteiger partial charge is 0.282 e. The third-order valence-electron chi connectivity index (χ3n) is 5.75. The second-order valence-electron chi connectivity index (χ2n) is 8.09. The first-order valence-electron chi connectivity index (χ1n) is 11.4. The summed E-state index contributed by atoms with van der Waals surface area (Å²) in [5.41, 5.74) is 5.19. The molecule has 1 atom stereocenters. The zero-order valence-electron chi connectivity index (χ0n) is 19.4. The molecule has 6 heteroatoms. The minimum atomic E-state index is -0.437. The summed E-state index contributed by atoms with van der Waals surface area (Å²) in [6, 6.07) is 24.4. The highest BCUT2D eigenvalue weighted by Gasteiger charge is 2.34. The Bertz CT molecular complexity index is 1190. The van der Waals surface area contributed by atoms with Crippen LogP contribution in [0.3, 0.4) is 0 Å². The van der Waals surface area contributed by atoms with Gasteiger partial charge in [-0.25, -0.2) is 5.01 Å². The van der Waals surface area contributed by atoms with Crippen LogP contribution in [0.4, 0.5) is 5.69 Å². The monoisotopic (exact) mass is 456 g/mol. The topological polar surface area (TPSA) is 67.9 Å². The number of hydrazine groups is 1. The zero-order chi connectivity index (χ0) is 23.9. The van der Waals surface area contributed by atoms with Gasteiger partial charge in [0.2, 0.25) is 0 Å². The van der Waals surface area contributed by atoms with Gasteiger partial charge in [-0.3, -0.25) is 15.0 Å². The van der Waals surface area contributed by atoms with E-state index < -0.39 is 11.8 Å². The van der Waals surface area contributed by atoms with Crippen molar-refractivity contribution < 1.29 is 19.1 Å². The molecule has 34 heavy (non-hydrogen) atoms. The largest absolute Gasteiger partial charge is 0.490 e. The summed E-state index contributed by atoms with van der Waals surface area (Å²) in [7, 11) is 0. The van der Waals surface area contributed by atoms with Crippen LogP contribution in [0.15, 0.2) is 84.4 Å². The summed E-state index contributed by atoms with van der Waals surface area (Å²) in [5, 5.41) is 1.25. The van der Waals surface area contributed by atoms with Gasteiger partial charge < -0.3 is 9.47 Å². The first-order chi connectivity index (χ1) is 16.6. The third kappa shape index (κ3) is 5.29. The Hall–Kier alpha value is -4.06. The van der Waals surface area contributed by atoms with Crippen LogP contribution in [0, 0.1) is 0 Å². The second-order valence-corrected chi connectivity index (χ2v) is 8.09. The number of carbonyl (C=O) groups excluding carboxylic acids is 2. The van der Waals surface area contributed by atoms with E-state index in [0.717, 1.165) is 12.2 Å². The molecule has 1 heterocycles. The van der Waals surface area contributed by atoms with E-state index in [1.54, 1.807) is 24.3 Å². The van der Waals surface area contributed by atoms with Crippen molar-refractivity contribution in [1.29, 1.82) is 0 Å². The lowest BCUT2D eigenvalue weighted by atomic mass is 9.98. The Balaban J connectivity index is 1.38. The van der Waals surface area contributed by atoms with Crippen molar-refractivity contribution in [2.45, 2.75) is 26.2 Å². The lowest BCUT2D eigenvalue weighted by Gasteiger charge is -2.16. The quantitative estimate of drug-likeness (QED) is 0.276. The fraction of sp³-hybridized carbons (Fsp3) is 0.214. The highest BCUT2D eigenvalue weighted by atomic mass is 16.5. The van der Waals surface area contributed by atoms with Crippen molar-refractivity contribution in [2.24, 2.45) is 0 Å². The first-order valence-corrected chi connectivity index (χ1v) is 11.4. The normalized spacial score (nSPS) is 15.4. The maximum atomic E-state index is 12.8. The third-order valence-corrected chi connectivity index (χ3v) is 5.75. The fourth-order valence-electron chi connectivity index (χ4n) is 3.73. The average molecular weight is 457 g/mol. The van der Waals surface area contributed by atoms with Gasteiger partial charge in [-0.2, -0.15) is 0 Å². The molecule has 0 aromatic heterocycles. The summed E-state index contributed by atoms with van der Waals surface area (Å²) in [6.07, 6.45) is 2.62. The number of hydrogen-bond acceptors (Lipinski definition) is 4. The molecule has 0 aliphatic carbocycles. The Morgan fingerprint density at radius 2 is 1.65 bits per heavy atom. The minimum absolute atomic E-state index is 0.0750. The molecule has 1 N–H and O–H groups in total. The van der Waals surface area contributed by atoms with Crippen LogP contribution in [-0.4, -0.2) is 25.0 Å². The van der Waals surface area contributed by atoms with Crippen LogP contribution >= 0.6 is 0 Å². The van der Waals surface area contributed by atoms with E-state index in [0.29, 0.717) is 36.1 Å². The molecule has 2 amide bonds. The lowest BCUT2D eigenvalue weighted by molar-refractivity contribution is -0.117. The molecule has 6 nitrogen and oxygen atoms in total. The molecule has 1 aliphatic heterocycles. The standard InChI is InChI=1S/C28H28N2O4/c1-3-20(2)24-14-7-8-15-26(24)34-17-16-33-23-13-9-10-21(18-23)19-25-27(31)29-30(28(25)32)22-11-5-4-6-12-22/h4-15,18-20H,3,16-17H2,1-2H3,(H,29,31)/b25-19+/t20-/m0/s1. The van der Waals surface area contributed by atoms with Crippen molar-refractivity contribution in [3.05, 3.63) is 95.6 Å². The molecule has 0 saturated carbocycles. The number of amides is 2. The molecule has 4 rings (SSSR count). The van der Waals surface area contributed by atoms with Gasteiger partial charge >= 0.3 is 0 Å². The Morgan fingerprint density at radius 1 is 0.912 bits per heavy atom. The molecule has 1 aliphatic rings. The van der Waals surface area contributed by atoms with Crippen LogP contribution in [-0.2, 0) is 9.59 Å². The number of ether oxygens (including phenoxy) is 2. The highest BCUT2D eigenvalue weighted by Crippen LogP contribution is 2.28. The Morgan fingerprint density at radius 3 is 2.44 bits per heavy atom. The maximum absolute atomic E-state index is 12.8. The van der Waals surface area contributed by atoms with Gasteiger partial charge in [-0.05, 0) is 59.9 Å². The molecule has 0 unspecified atom stereocenters. The Labute approximate surface area is 199 Å². The number of carbonyl (C=O) groups is 2. The molecule has 1 fully saturated rings. The fourth-order valence-corrected chi connectivity index (χ4v) is 3.73. The van der Waals surface area contributed by atoms with Gasteiger partial charge in [-0.1, -0.05) is 62.4 Å². The lowest BCUT2D eigenvalue weighted by Crippen LogP contribution is -2.35. The van der Waals surface area contributed by atoms with Crippen molar-refractivity contribution in [2.75, 3.05) is 18.2 Å². The van der Waals surface area contributed by atoms with Crippen molar-refractivity contribution in [3.63, 3.8) is 0 Å². The molecule has 3 aromatic carbocycles. The highest BCUT2D eigenvalue weighted by molar-refractivity contribution is 6.31. The van der Waals surface area contributed by atoms with Gasteiger partial charge in [0.25, 0.3) is 11.8 Å². The van der Waals surface area contributed by atoms with E-state index in [1.807, 2.05) is 54.6 Å². The van der Waals surface area contributed by atoms with Crippen molar-refractivity contribution in [3.8, 4) is 11.5 Å². The van der Waals surface area contributed by atoms with Crippen LogP contribution in [0.1, 0.15) is 37.3 Å². The number of rotatable bonds is 9. The second kappa shape index (κ2) is 10.7.